The van der Waals surface area contributed by atoms with E-state index >= 15 is 0 Å². The maximum absolute atomic E-state index is 13.5. The first kappa shape index (κ1) is 19.1. The Hall–Kier alpha value is -3.25. The van der Waals surface area contributed by atoms with E-state index in [-0.39, 0.29) is 11.3 Å². The lowest BCUT2D eigenvalue weighted by Crippen LogP contribution is -2.34. The van der Waals surface area contributed by atoms with Crippen LogP contribution in [-0.4, -0.2) is 18.9 Å². The topological polar surface area (TPSA) is 40.6 Å². The average Bonchev–Trinajstić information content (AvgIpc) is 3.00. The van der Waals surface area contributed by atoms with Gasteiger partial charge in [-0.05, 0) is 54.1 Å². The lowest BCUT2D eigenvalue weighted by molar-refractivity contribution is -0.120. The van der Waals surface area contributed by atoms with E-state index in [0.29, 0.717) is 11.3 Å². The second-order valence-electron chi connectivity index (χ2n) is 6.55. The molecule has 0 spiro atoms. The van der Waals surface area contributed by atoms with Gasteiger partial charge in [-0.1, -0.05) is 46.3 Å². The first-order valence-corrected chi connectivity index (χ1v) is 9.70. The van der Waals surface area contributed by atoms with Gasteiger partial charge in [0, 0.05) is 17.2 Å². The van der Waals surface area contributed by atoms with Crippen LogP contribution in [0, 0.1) is 5.82 Å². The van der Waals surface area contributed by atoms with E-state index in [4.69, 9.17) is 0 Å². The maximum atomic E-state index is 13.5. The second kappa shape index (κ2) is 7.64. The molecular formula is C23H16BrFN2O2. The largest absolute Gasteiger partial charge is 0.339 e. The minimum absolute atomic E-state index is 0.240. The highest BCUT2D eigenvalue weighted by Crippen LogP contribution is 2.36. The van der Waals surface area contributed by atoms with Crippen molar-refractivity contribution in [3.8, 4) is 0 Å². The molecule has 2 amide bonds. The number of hydrogen-bond acceptors (Lipinski definition) is 3. The number of para-hydroxylation sites is 1. The molecule has 0 aromatic heterocycles. The summed E-state index contributed by atoms with van der Waals surface area (Å²) in [6.07, 6.45) is 0. The molecule has 0 bridgehead atoms. The van der Waals surface area contributed by atoms with Crippen molar-refractivity contribution in [1.29, 1.82) is 0 Å². The molecular weight excluding hydrogens is 435 g/mol. The molecule has 144 valence electrons. The average molecular weight is 451 g/mol. The Bertz CT molecular complexity index is 1110. The fourth-order valence-electron chi connectivity index (χ4n) is 3.31. The molecule has 4 nitrogen and oxygen atoms in total. The first-order chi connectivity index (χ1) is 14.0. The fraction of sp³-hybridized carbons (Fsp3) is 0.0435. The monoisotopic (exact) mass is 450 g/mol. The van der Waals surface area contributed by atoms with Crippen molar-refractivity contribution in [3.05, 3.63) is 100 Å². The molecule has 1 heterocycles. The summed E-state index contributed by atoms with van der Waals surface area (Å²) in [5, 5.41) is 0. The Morgan fingerprint density at radius 3 is 2.07 bits per heavy atom. The summed E-state index contributed by atoms with van der Waals surface area (Å²) >= 11 is 3.36. The minimum Gasteiger partial charge on any atom is -0.339 e. The number of nitrogens with zero attached hydrogens (tertiary/aromatic N) is 2. The van der Waals surface area contributed by atoms with Crippen LogP contribution < -0.4 is 9.80 Å². The zero-order chi connectivity index (χ0) is 20.5. The van der Waals surface area contributed by atoms with Gasteiger partial charge in [-0.15, -0.1) is 0 Å². The van der Waals surface area contributed by atoms with Crippen LogP contribution in [0.15, 0.2) is 89.0 Å². The van der Waals surface area contributed by atoms with Crippen molar-refractivity contribution in [3.63, 3.8) is 0 Å². The third-order valence-electron chi connectivity index (χ3n) is 4.76. The lowest BCUT2D eigenvalue weighted by Gasteiger charge is -2.21. The van der Waals surface area contributed by atoms with E-state index in [0.717, 1.165) is 15.1 Å². The zero-order valence-corrected chi connectivity index (χ0v) is 17.1. The van der Waals surface area contributed by atoms with Crippen LogP contribution in [0.25, 0.3) is 5.57 Å². The van der Waals surface area contributed by atoms with E-state index in [1.807, 2.05) is 30.3 Å². The van der Waals surface area contributed by atoms with Gasteiger partial charge >= 0.3 is 0 Å². The summed E-state index contributed by atoms with van der Waals surface area (Å²) in [5.74, 6) is -1.28. The van der Waals surface area contributed by atoms with Crippen LogP contribution in [0.1, 0.15) is 5.56 Å². The van der Waals surface area contributed by atoms with Crippen molar-refractivity contribution in [2.75, 3.05) is 16.8 Å². The number of likely N-dealkylation sites (N-methyl/N-ethyl adjacent to an activating group) is 1. The van der Waals surface area contributed by atoms with Crippen molar-refractivity contribution in [1.82, 2.24) is 0 Å². The molecule has 0 unspecified atom stereocenters. The van der Waals surface area contributed by atoms with Gasteiger partial charge < -0.3 is 4.90 Å². The number of hydrogen-bond donors (Lipinski definition) is 0. The first-order valence-electron chi connectivity index (χ1n) is 8.90. The van der Waals surface area contributed by atoms with Crippen molar-refractivity contribution < 1.29 is 14.0 Å². The van der Waals surface area contributed by atoms with Gasteiger partial charge in [0.2, 0.25) is 0 Å². The molecule has 3 aromatic carbocycles. The van der Waals surface area contributed by atoms with E-state index in [9.17, 15) is 14.0 Å². The quantitative estimate of drug-likeness (QED) is 0.524. The number of amides is 2. The van der Waals surface area contributed by atoms with Gasteiger partial charge in [0.25, 0.3) is 11.8 Å². The molecule has 6 heteroatoms. The standard InChI is InChI=1S/C23H16BrFN2O2/c1-26(18-5-3-2-4-6-18)21-20(15-7-11-17(25)12-8-15)22(28)27(23(21)29)19-13-9-16(24)10-14-19/h2-14H,1H3. The summed E-state index contributed by atoms with van der Waals surface area (Å²) < 4.78 is 14.3. The number of halogens is 2. The molecule has 3 aromatic rings. The van der Waals surface area contributed by atoms with Crippen molar-refractivity contribution >= 4 is 44.7 Å². The molecule has 1 aliphatic heterocycles. The van der Waals surface area contributed by atoms with Gasteiger partial charge in [-0.25, -0.2) is 9.29 Å². The molecule has 0 atom stereocenters. The van der Waals surface area contributed by atoms with Crippen LogP contribution in [0.5, 0.6) is 0 Å². The van der Waals surface area contributed by atoms with Crippen molar-refractivity contribution in [2.24, 2.45) is 0 Å². The number of imide groups is 1. The summed E-state index contributed by atoms with van der Waals surface area (Å²) in [5.41, 5.74) is 2.21. The van der Waals surface area contributed by atoms with Crippen LogP contribution in [0.4, 0.5) is 15.8 Å². The highest BCUT2D eigenvalue weighted by molar-refractivity contribution is 9.10. The van der Waals surface area contributed by atoms with Crippen LogP contribution in [0.2, 0.25) is 0 Å². The normalized spacial score (nSPS) is 14.0. The molecule has 0 saturated carbocycles. The molecule has 0 N–H and O–H groups in total. The summed E-state index contributed by atoms with van der Waals surface area (Å²) in [4.78, 5) is 29.6. The molecule has 4 rings (SSSR count). The predicted molar refractivity (Wildman–Crippen MR) is 115 cm³/mol. The fourth-order valence-corrected chi connectivity index (χ4v) is 3.58. The Kier molecular flexibility index (Phi) is 5.03. The van der Waals surface area contributed by atoms with Gasteiger partial charge in [0.15, 0.2) is 0 Å². The van der Waals surface area contributed by atoms with Gasteiger partial charge in [-0.3, -0.25) is 9.59 Å². The van der Waals surface area contributed by atoms with E-state index in [1.165, 1.54) is 24.3 Å². The van der Waals surface area contributed by atoms with Gasteiger partial charge in [0.1, 0.15) is 11.5 Å². The minimum atomic E-state index is -0.443. The number of anilines is 2. The number of benzene rings is 3. The van der Waals surface area contributed by atoms with Crippen LogP contribution >= 0.6 is 15.9 Å². The molecule has 1 aliphatic rings. The smallest absolute Gasteiger partial charge is 0.282 e. The maximum Gasteiger partial charge on any atom is 0.282 e. The molecule has 29 heavy (non-hydrogen) atoms. The van der Waals surface area contributed by atoms with E-state index in [1.54, 1.807) is 36.2 Å². The Labute approximate surface area is 176 Å². The second-order valence-corrected chi connectivity index (χ2v) is 7.46. The Morgan fingerprint density at radius 2 is 1.45 bits per heavy atom. The highest BCUT2D eigenvalue weighted by atomic mass is 79.9. The molecule has 0 fully saturated rings. The highest BCUT2D eigenvalue weighted by Gasteiger charge is 2.42. The van der Waals surface area contributed by atoms with Crippen molar-refractivity contribution in [2.45, 2.75) is 0 Å². The zero-order valence-electron chi connectivity index (χ0n) is 15.5. The predicted octanol–water partition coefficient (Wildman–Crippen LogP) is 5.01. The number of carbonyl (C=O) groups is 2. The summed E-state index contributed by atoms with van der Waals surface area (Å²) in [7, 11) is 1.74. The third-order valence-corrected chi connectivity index (χ3v) is 5.28. The van der Waals surface area contributed by atoms with Gasteiger partial charge in [0.05, 0.1) is 11.3 Å². The van der Waals surface area contributed by atoms with E-state index in [2.05, 4.69) is 15.9 Å². The Morgan fingerprint density at radius 1 is 0.828 bits per heavy atom. The molecule has 0 radical (unpaired) electrons. The van der Waals surface area contributed by atoms with Gasteiger partial charge in [-0.2, -0.15) is 0 Å². The summed E-state index contributed by atoms with van der Waals surface area (Å²) in [6, 6.07) is 21.8. The number of carbonyl (C=O) groups excluding carboxylic acids is 2. The van der Waals surface area contributed by atoms with E-state index < -0.39 is 17.6 Å². The SMILES string of the molecule is CN(C1=C(c2ccc(F)cc2)C(=O)N(c2ccc(Br)cc2)C1=O)c1ccccc1. The van der Waals surface area contributed by atoms with Crippen LogP contribution in [0.3, 0.4) is 0 Å². The molecule has 0 aliphatic carbocycles. The number of rotatable bonds is 4. The molecule has 0 saturated heterocycles. The lowest BCUT2D eigenvalue weighted by atomic mass is 10.0. The van der Waals surface area contributed by atoms with Crippen LogP contribution in [-0.2, 0) is 9.59 Å². The third kappa shape index (κ3) is 3.47. The summed E-state index contributed by atoms with van der Waals surface area (Å²) in [6.45, 7) is 0. The Balaban J connectivity index is 1.87.